The fourth-order valence-corrected chi connectivity index (χ4v) is 3.93. The van der Waals surface area contributed by atoms with Crippen LogP contribution >= 0.6 is 23.2 Å². The summed E-state index contributed by atoms with van der Waals surface area (Å²) < 4.78 is 5.19. The molecule has 0 unspecified atom stereocenters. The Labute approximate surface area is 196 Å². The molecule has 0 atom stereocenters. The lowest BCUT2D eigenvalue weighted by Crippen LogP contribution is -2.34. The SMILES string of the molecule is COc1ccc(NC2=C(c3ccccc3)C(=O)N(CCc3ccc(Cl)cc3)C2=O)cc1Cl. The summed E-state index contributed by atoms with van der Waals surface area (Å²) in [7, 11) is 1.53. The molecule has 0 aromatic heterocycles. The van der Waals surface area contributed by atoms with E-state index in [4.69, 9.17) is 27.9 Å². The van der Waals surface area contributed by atoms with Crippen molar-refractivity contribution in [2.75, 3.05) is 19.0 Å². The Morgan fingerprint density at radius 3 is 2.28 bits per heavy atom. The molecule has 162 valence electrons. The molecule has 0 radical (unpaired) electrons. The van der Waals surface area contributed by atoms with Crippen LogP contribution < -0.4 is 10.1 Å². The normalized spacial score (nSPS) is 13.7. The van der Waals surface area contributed by atoms with E-state index in [1.807, 2.05) is 42.5 Å². The van der Waals surface area contributed by atoms with Gasteiger partial charge in [0.15, 0.2) is 0 Å². The number of imide groups is 1. The van der Waals surface area contributed by atoms with E-state index in [2.05, 4.69) is 5.32 Å². The number of hydrogen-bond donors (Lipinski definition) is 1. The minimum atomic E-state index is -0.380. The number of anilines is 1. The van der Waals surface area contributed by atoms with E-state index >= 15 is 0 Å². The Kier molecular flexibility index (Phi) is 6.49. The number of hydrogen-bond acceptors (Lipinski definition) is 4. The van der Waals surface area contributed by atoms with Crippen molar-refractivity contribution >= 4 is 46.3 Å². The lowest BCUT2D eigenvalue weighted by Gasteiger charge is -2.15. The summed E-state index contributed by atoms with van der Waals surface area (Å²) in [6, 6.07) is 21.6. The van der Waals surface area contributed by atoms with E-state index < -0.39 is 0 Å². The number of amides is 2. The third-order valence-electron chi connectivity index (χ3n) is 5.19. The number of methoxy groups -OCH3 is 1. The maximum atomic E-state index is 13.3. The fraction of sp³-hybridized carbons (Fsp3) is 0.120. The molecule has 3 aromatic carbocycles. The quantitative estimate of drug-likeness (QED) is 0.471. The number of carbonyl (C=O) groups excluding carboxylic acids is 2. The summed E-state index contributed by atoms with van der Waals surface area (Å²) in [5.74, 6) is -0.195. The fourth-order valence-electron chi connectivity index (χ4n) is 3.55. The van der Waals surface area contributed by atoms with Crippen molar-refractivity contribution in [3.63, 3.8) is 0 Å². The monoisotopic (exact) mass is 466 g/mol. The smallest absolute Gasteiger partial charge is 0.278 e. The molecule has 0 bridgehead atoms. The molecule has 1 N–H and O–H groups in total. The van der Waals surface area contributed by atoms with Gasteiger partial charge in [0.25, 0.3) is 11.8 Å². The summed E-state index contributed by atoms with van der Waals surface area (Å²) in [6.45, 7) is 0.254. The van der Waals surface area contributed by atoms with Gasteiger partial charge in [-0.1, -0.05) is 65.7 Å². The Hall–Kier alpha value is -3.28. The van der Waals surface area contributed by atoms with Crippen LogP contribution in [0.5, 0.6) is 5.75 Å². The number of rotatable bonds is 7. The maximum absolute atomic E-state index is 13.3. The molecule has 1 aliphatic rings. The second-order valence-electron chi connectivity index (χ2n) is 7.23. The zero-order chi connectivity index (χ0) is 22.7. The first kappa shape index (κ1) is 21.9. The second-order valence-corrected chi connectivity index (χ2v) is 8.07. The molecule has 0 aliphatic carbocycles. The Bertz CT molecular complexity index is 1190. The van der Waals surface area contributed by atoms with Crippen LogP contribution in [-0.4, -0.2) is 30.4 Å². The van der Waals surface area contributed by atoms with Crippen LogP contribution in [-0.2, 0) is 16.0 Å². The van der Waals surface area contributed by atoms with E-state index in [1.54, 1.807) is 30.3 Å². The van der Waals surface area contributed by atoms with Gasteiger partial charge in [-0.25, -0.2) is 0 Å². The maximum Gasteiger partial charge on any atom is 0.278 e. The summed E-state index contributed by atoms with van der Waals surface area (Å²) >= 11 is 12.2. The number of nitrogens with zero attached hydrogens (tertiary/aromatic N) is 1. The Balaban J connectivity index is 1.64. The average Bonchev–Trinajstić information content (AvgIpc) is 3.03. The summed E-state index contributed by atoms with van der Waals surface area (Å²) in [5.41, 5.74) is 2.79. The van der Waals surface area contributed by atoms with Gasteiger partial charge >= 0.3 is 0 Å². The highest BCUT2D eigenvalue weighted by atomic mass is 35.5. The first-order valence-corrected chi connectivity index (χ1v) is 10.7. The standard InChI is InChI=1S/C25H20Cl2N2O3/c1-32-21-12-11-19(15-20(21)27)28-23-22(17-5-3-2-4-6-17)24(30)29(25(23)31)14-13-16-7-9-18(26)10-8-16/h2-12,15,28H,13-14H2,1H3. The molecule has 2 amide bonds. The largest absolute Gasteiger partial charge is 0.495 e. The molecule has 4 rings (SSSR count). The first-order chi connectivity index (χ1) is 15.5. The minimum Gasteiger partial charge on any atom is -0.495 e. The van der Waals surface area contributed by atoms with Crippen molar-refractivity contribution in [3.8, 4) is 5.75 Å². The lowest BCUT2D eigenvalue weighted by atomic mass is 10.0. The van der Waals surface area contributed by atoms with Crippen LogP contribution in [0.25, 0.3) is 5.57 Å². The minimum absolute atomic E-state index is 0.221. The topological polar surface area (TPSA) is 58.6 Å². The number of halogens is 2. The molecule has 5 nitrogen and oxygen atoms in total. The van der Waals surface area contributed by atoms with Gasteiger partial charge in [-0.2, -0.15) is 0 Å². The van der Waals surface area contributed by atoms with Crippen LogP contribution in [0.3, 0.4) is 0 Å². The predicted octanol–water partition coefficient (Wildman–Crippen LogP) is 5.44. The Morgan fingerprint density at radius 2 is 1.62 bits per heavy atom. The molecular weight excluding hydrogens is 447 g/mol. The molecule has 0 fully saturated rings. The average molecular weight is 467 g/mol. The van der Waals surface area contributed by atoms with E-state index in [9.17, 15) is 9.59 Å². The molecule has 3 aromatic rings. The van der Waals surface area contributed by atoms with Crippen molar-refractivity contribution in [2.24, 2.45) is 0 Å². The predicted molar refractivity (Wildman–Crippen MR) is 127 cm³/mol. The van der Waals surface area contributed by atoms with Crippen LogP contribution in [0.2, 0.25) is 10.0 Å². The van der Waals surface area contributed by atoms with E-state index in [1.165, 1.54) is 12.0 Å². The molecule has 1 heterocycles. The van der Waals surface area contributed by atoms with E-state index in [0.717, 1.165) is 5.56 Å². The van der Waals surface area contributed by atoms with E-state index in [0.29, 0.717) is 39.0 Å². The van der Waals surface area contributed by atoms with Crippen molar-refractivity contribution in [2.45, 2.75) is 6.42 Å². The highest BCUT2D eigenvalue weighted by Gasteiger charge is 2.38. The van der Waals surface area contributed by atoms with Crippen molar-refractivity contribution < 1.29 is 14.3 Å². The van der Waals surface area contributed by atoms with Crippen LogP contribution in [0.15, 0.2) is 78.5 Å². The zero-order valence-electron chi connectivity index (χ0n) is 17.3. The third-order valence-corrected chi connectivity index (χ3v) is 5.74. The van der Waals surface area contributed by atoms with Crippen LogP contribution in [0, 0.1) is 0 Å². The van der Waals surface area contributed by atoms with Crippen molar-refractivity contribution in [1.29, 1.82) is 0 Å². The van der Waals surface area contributed by atoms with Gasteiger partial charge in [0.2, 0.25) is 0 Å². The first-order valence-electron chi connectivity index (χ1n) is 9.99. The molecule has 1 aliphatic heterocycles. The van der Waals surface area contributed by atoms with Gasteiger partial charge in [-0.15, -0.1) is 0 Å². The Morgan fingerprint density at radius 1 is 0.906 bits per heavy atom. The number of carbonyl (C=O) groups is 2. The van der Waals surface area contributed by atoms with Gasteiger partial charge in [-0.3, -0.25) is 14.5 Å². The van der Waals surface area contributed by atoms with E-state index in [-0.39, 0.29) is 24.1 Å². The molecule has 0 saturated carbocycles. The van der Waals surface area contributed by atoms with Gasteiger partial charge in [0, 0.05) is 17.3 Å². The molecular formula is C25H20Cl2N2O3. The van der Waals surface area contributed by atoms with Gasteiger partial charge in [-0.05, 0) is 47.9 Å². The summed E-state index contributed by atoms with van der Waals surface area (Å²) in [4.78, 5) is 27.9. The molecule has 32 heavy (non-hydrogen) atoms. The zero-order valence-corrected chi connectivity index (χ0v) is 18.8. The number of nitrogens with one attached hydrogen (secondary N) is 1. The van der Waals surface area contributed by atoms with Gasteiger partial charge in [0.1, 0.15) is 11.4 Å². The second kappa shape index (κ2) is 9.47. The number of ether oxygens (including phenoxy) is 1. The number of benzene rings is 3. The summed E-state index contributed by atoms with van der Waals surface area (Å²) in [6.07, 6.45) is 0.526. The van der Waals surface area contributed by atoms with Crippen molar-refractivity contribution in [3.05, 3.63) is 99.7 Å². The van der Waals surface area contributed by atoms with Crippen LogP contribution in [0.1, 0.15) is 11.1 Å². The molecule has 0 spiro atoms. The van der Waals surface area contributed by atoms with Gasteiger partial charge < -0.3 is 10.1 Å². The third kappa shape index (κ3) is 4.49. The highest BCUT2D eigenvalue weighted by molar-refractivity contribution is 6.36. The summed E-state index contributed by atoms with van der Waals surface area (Å²) in [5, 5.41) is 4.15. The lowest BCUT2D eigenvalue weighted by molar-refractivity contribution is -0.136. The van der Waals surface area contributed by atoms with Gasteiger partial charge in [0.05, 0.1) is 17.7 Å². The molecule has 7 heteroatoms. The highest BCUT2D eigenvalue weighted by Crippen LogP contribution is 2.33. The molecule has 0 saturated heterocycles. The van der Waals surface area contributed by atoms with Crippen LogP contribution in [0.4, 0.5) is 5.69 Å². The van der Waals surface area contributed by atoms with Crippen molar-refractivity contribution in [1.82, 2.24) is 4.90 Å².